The van der Waals surface area contributed by atoms with Crippen LogP contribution in [0.4, 0.5) is 0 Å². The average molecular weight is 238 g/mol. The van der Waals surface area contributed by atoms with E-state index in [1.54, 1.807) is 0 Å². The predicted molar refractivity (Wildman–Crippen MR) is 69.6 cm³/mol. The van der Waals surface area contributed by atoms with Gasteiger partial charge in [-0.3, -0.25) is 0 Å². The van der Waals surface area contributed by atoms with Crippen LogP contribution in [0.5, 0.6) is 0 Å². The second kappa shape index (κ2) is 4.10. The average Bonchev–Trinajstić information content (AvgIpc) is 2.27. The van der Waals surface area contributed by atoms with Crippen molar-refractivity contribution in [3.8, 4) is 0 Å². The fourth-order valence-electron chi connectivity index (χ4n) is 4.01. The van der Waals surface area contributed by atoms with Gasteiger partial charge in [-0.25, -0.2) is 0 Å². The molecule has 2 rings (SSSR count). The van der Waals surface area contributed by atoms with E-state index in [1.165, 1.54) is 5.57 Å². The molecule has 0 radical (unpaired) electrons. The van der Waals surface area contributed by atoms with Gasteiger partial charge in [0, 0.05) is 5.41 Å². The summed E-state index contributed by atoms with van der Waals surface area (Å²) < 4.78 is 0. The van der Waals surface area contributed by atoms with Crippen LogP contribution in [0, 0.1) is 17.3 Å². The quantitative estimate of drug-likeness (QED) is 0.690. The summed E-state index contributed by atoms with van der Waals surface area (Å²) in [6, 6.07) is 0. The standard InChI is InChI=1S/C15H26O2/c1-10(2)12-7-8-14(4)13(16)6-5-11(3)15(14,17)9-12/h11-13,16-17H,1,5-9H2,2-4H3/t11-,12-,13+,14+,15-/m1/s1. The van der Waals surface area contributed by atoms with E-state index in [-0.39, 0.29) is 17.4 Å². The topological polar surface area (TPSA) is 40.5 Å². The Morgan fingerprint density at radius 1 is 1.29 bits per heavy atom. The van der Waals surface area contributed by atoms with Gasteiger partial charge >= 0.3 is 0 Å². The largest absolute Gasteiger partial charge is 0.392 e. The highest BCUT2D eigenvalue weighted by atomic mass is 16.3. The van der Waals surface area contributed by atoms with E-state index >= 15 is 0 Å². The third-order valence-corrected chi connectivity index (χ3v) is 5.68. The molecule has 2 fully saturated rings. The maximum atomic E-state index is 11.1. The number of hydrogen-bond donors (Lipinski definition) is 2. The van der Waals surface area contributed by atoms with Crippen molar-refractivity contribution in [2.24, 2.45) is 17.3 Å². The molecule has 0 aliphatic heterocycles. The lowest BCUT2D eigenvalue weighted by Gasteiger charge is -2.59. The summed E-state index contributed by atoms with van der Waals surface area (Å²) >= 11 is 0. The van der Waals surface area contributed by atoms with E-state index in [4.69, 9.17) is 0 Å². The van der Waals surface area contributed by atoms with Crippen LogP contribution in [0.2, 0.25) is 0 Å². The first kappa shape index (κ1) is 13.1. The molecule has 0 aromatic carbocycles. The van der Waals surface area contributed by atoms with Crippen molar-refractivity contribution in [2.75, 3.05) is 0 Å². The molecule has 2 aliphatic rings. The van der Waals surface area contributed by atoms with Gasteiger partial charge < -0.3 is 10.2 Å². The second-order valence-corrected chi connectivity index (χ2v) is 6.62. The van der Waals surface area contributed by atoms with E-state index in [0.29, 0.717) is 5.92 Å². The van der Waals surface area contributed by atoms with Gasteiger partial charge in [0.05, 0.1) is 11.7 Å². The number of aliphatic hydroxyl groups is 2. The van der Waals surface area contributed by atoms with Crippen molar-refractivity contribution in [1.82, 2.24) is 0 Å². The van der Waals surface area contributed by atoms with Gasteiger partial charge in [-0.05, 0) is 50.9 Å². The molecule has 5 atom stereocenters. The van der Waals surface area contributed by atoms with Crippen molar-refractivity contribution in [3.05, 3.63) is 12.2 Å². The predicted octanol–water partition coefficient (Wildman–Crippen LogP) is 2.89. The Labute approximate surface area is 105 Å². The molecule has 98 valence electrons. The molecule has 0 unspecified atom stereocenters. The van der Waals surface area contributed by atoms with Crippen LogP contribution in [0.15, 0.2) is 12.2 Å². The van der Waals surface area contributed by atoms with Crippen molar-refractivity contribution in [2.45, 2.75) is 64.6 Å². The smallest absolute Gasteiger partial charge is 0.0756 e. The van der Waals surface area contributed by atoms with Crippen LogP contribution < -0.4 is 0 Å². The molecule has 0 aromatic rings. The molecule has 0 bridgehead atoms. The van der Waals surface area contributed by atoms with Gasteiger partial charge in [-0.15, -0.1) is 0 Å². The Bertz CT molecular complexity index is 325. The van der Waals surface area contributed by atoms with Gasteiger partial charge in [0.15, 0.2) is 0 Å². The highest BCUT2D eigenvalue weighted by Crippen LogP contribution is 2.57. The van der Waals surface area contributed by atoms with Crippen LogP contribution in [-0.2, 0) is 0 Å². The van der Waals surface area contributed by atoms with Gasteiger partial charge in [0.1, 0.15) is 0 Å². The number of aliphatic hydroxyl groups excluding tert-OH is 1. The van der Waals surface area contributed by atoms with Crippen LogP contribution >= 0.6 is 0 Å². The highest BCUT2D eigenvalue weighted by Gasteiger charge is 2.59. The minimum atomic E-state index is -0.716. The zero-order valence-corrected chi connectivity index (χ0v) is 11.4. The van der Waals surface area contributed by atoms with Gasteiger partial charge in [-0.2, -0.15) is 0 Å². The fraction of sp³-hybridized carbons (Fsp3) is 0.867. The molecule has 0 amide bonds. The lowest BCUT2D eigenvalue weighted by Crippen LogP contribution is -2.62. The third kappa shape index (κ3) is 1.77. The summed E-state index contributed by atoms with van der Waals surface area (Å²) in [6.07, 6.45) is 4.14. The Morgan fingerprint density at radius 3 is 2.53 bits per heavy atom. The summed E-state index contributed by atoms with van der Waals surface area (Å²) in [6.45, 7) is 10.3. The zero-order chi connectivity index (χ0) is 12.8. The Hall–Kier alpha value is -0.340. The number of fused-ring (bicyclic) bond motifs is 1. The van der Waals surface area contributed by atoms with Crippen LogP contribution in [0.25, 0.3) is 0 Å². The molecule has 0 saturated heterocycles. The van der Waals surface area contributed by atoms with Gasteiger partial charge in [0.25, 0.3) is 0 Å². The van der Waals surface area contributed by atoms with Crippen molar-refractivity contribution in [1.29, 1.82) is 0 Å². The number of hydrogen-bond acceptors (Lipinski definition) is 2. The van der Waals surface area contributed by atoms with Crippen molar-refractivity contribution >= 4 is 0 Å². The number of allylic oxidation sites excluding steroid dienone is 1. The lowest BCUT2D eigenvalue weighted by atomic mass is 9.50. The first-order chi connectivity index (χ1) is 7.81. The van der Waals surface area contributed by atoms with Crippen LogP contribution in [0.1, 0.15) is 52.9 Å². The first-order valence-electron chi connectivity index (χ1n) is 6.87. The summed E-state index contributed by atoms with van der Waals surface area (Å²) in [5, 5.41) is 21.4. The van der Waals surface area contributed by atoms with Gasteiger partial charge in [0.2, 0.25) is 0 Å². The molecule has 17 heavy (non-hydrogen) atoms. The van der Waals surface area contributed by atoms with E-state index in [2.05, 4.69) is 27.4 Å². The van der Waals surface area contributed by atoms with E-state index in [0.717, 1.165) is 32.1 Å². The summed E-state index contributed by atoms with van der Waals surface area (Å²) in [5.41, 5.74) is 0.135. The molecular formula is C15H26O2. The highest BCUT2D eigenvalue weighted by molar-refractivity contribution is 5.13. The summed E-state index contributed by atoms with van der Waals surface area (Å²) in [7, 11) is 0. The van der Waals surface area contributed by atoms with Crippen LogP contribution in [0.3, 0.4) is 0 Å². The van der Waals surface area contributed by atoms with E-state index < -0.39 is 5.60 Å². The Morgan fingerprint density at radius 2 is 1.94 bits per heavy atom. The zero-order valence-electron chi connectivity index (χ0n) is 11.4. The maximum Gasteiger partial charge on any atom is 0.0756 e. The van der Waals surface area contributed by atoms with Crippen LogP contribution in [-0.4, -0.2) is 21.9 Å². The van der Waals surface area contributed by atoms with Crippen molar-refractivity contribution in [3.63, 3.8) is 0 Å². The molecule has 2 heteroatoms. The van der Waals surface area contributed by atoms with Crippen molar-refractivity contribution < 1.29 is 10.2 Å². The summed E-state index contributed by atoms with van der Waals surface area (Å²) in [4.78, 5) is 0. The Balaban J connectivity index is 2.32. The molecule has 2 N–H and O–H groups in total. The normalized spacial score (nSPS) is 50.8. The van der Waals surface area contributed by atoms with E-state index in [1.807, 2.05) is 0 Å². The molecule has 0 spiro atoms. The molecule has 2 nitrogen and oxygen atoms in total. The van der Waals surface area contributed by atoms with E-state index in [9.17, 15) is 10.2 Å². The lowest BCUT2D eigenvalue weighted by molar-refractivity contribution is -0.217. The minimum Gasteiger partial charge on any atom is -0.392 e. The minimum absolute atomic E-state index is 0.276. The molecule has 0 aromatic heterocycles. The molecule has 2 saturated carbocycles. The maximum absolute atomic E-state index is 11.1. The first-order valence-corrected chi connectivity index (χ1v) is 6.87. The fourth-order valence-corrected chi connectivity index (χ4v) is 4.01. The molecular weight excluding hydrogens is 212 g/mol. The molecule has 0 heterocycles. The molecule has 2 aliphatic carbocycles. The monoisotopic (exact) mass is 238 g/mol. The SMILES string of the molecule is C=C(C)[C@@H]1CC[C@@]2(C)[C@@H](O)CC[C@@H](C)[C@]2(O)C1. The summed E-state index contributed by atoms with van der Waals surface area (Å²) in [5.74, 6) is 0.693. The number of rotatable bonds is 1. The second-order valence-electron chi connectivity index (χ2n) is 6.62. The van der Waals surface area contributed by atoms with Gasteiger partial charge in [-0.1, -0.05) is 26.0 Å². The Kier molecular flexibility index (Phi) is 3.16. The third-order valence-electron chi connectivity index (χ3n) is 5.68.